The molecule has 0 spiro atoms. The molecule has 0 radical (unpaired) electrons. The van der Waals surface area contributed by atoms with Gasteiger partial charge in [-0.3, -0.25) is 0 Å². The van der Waals surface area contributed by atoms with Crippen LogP contribution < -0.4 is 4.74 Å². The maximum Gasteiger partial charge on any atom is 0.387 e. The van der Waals surface area contributed by atoms with Gasteiger partial charge >= 0.3 is 6.61 Å². The van der Waals surface area contributed by atoms with Crippen LogP contribution in [-0.2, 0) is 16.1 Å². The molecule has 2 aliphatic rings. The summed E-state index contributed by atoms with van der Waals surface area (Å²) >= 11 is 0. The number of alkyl halides is 2. The summed E-state index contributed by atoms with van der Waals surface area (Å²) in [5, 5.41) is 9.26. The molecular formula is C16H17F2NO3. The van der Waals surface area contributed by atoms with Gasteiger partial charge in [0, 0.05) is 6.42 Å². The highest BCUT2D eigenvalue weighted by molar-refractivity contribution is 5.27. The highest BCUT2D eigenvalue weighted by Crippen LogP contribution is 2.51. The molecule has 2 fully saturated rings. The summed E-state index contributed by atoms with van der Waals surface area (Å²) in [6, 6.07) is 8.61. The van der Waals surface area contributed by atoms with E-state index in [1.807, 2.05) is 6.92 Å². The normalized spacial score (nSPS) is 33.1. The van der Waals surface area contributed by atoms with Gasteiger partial charge in [-0.05, 0) is 37.5 Å². The Kier molecular flexibility index (Phi) is 3.79. The lowest BCUT2D eigenvalue weighted by atomic mass is 9.81. The van der Waals surface area contributed by atoms with Gasteiger partial charge < -0.3 is 14.2 Å². The molecule has 0 aliphatic carbocycles. The molecule has 2 heterocycles. The number of hydrogen-bond donors (Lipinski definition) is 0. The monoisotopic (exact) mass is 309 g/mol. The molecule has 1 aromatic rings. The lowest BCUT2D eigenvalue weighted by Gasteiger charge is -2.28. The Labute approximate surface area is 127 Å². The summed E-state index contributed by atoms with van der Waals surface area (Å²) in [5.41, 5.74) is -0.248. The van der Waals surface area contributed by atoms with E-state index < -0.39 is 17.8 Å². The first-order valence-corrected chi connectivity index (χ1v) is 7.21. The number of halogens is 2. The second-order valence-electron chi connectivity index (χ2n) is 6.05. The lowest BCUT2D eigenvalue weighted by molar-refractivity contribution is -0.0772. The Balaban J connectivity index is 1.58. The second kappa shape index (κ2) is 5.49. The van der Waals surface area contributed by atoms with E-state index in [0.29, 0.717) is 13.0 Å². The fourth-order valence-corrected chi connectivity index (χ4v) is 3.21. The molecule has 118 valence electrons. The van der Waals surface area contributed by atoms with E-state index in [-0.39, 0.29) is 11.9 Å². The van der Waals surface area contributed by atoms with E-state index in [9.17, 15) is 14.0 Å². The summed E-state index contributed by atoms with van der Waals surface area (Å²) in [6.07, 6.45) is 2.01. The van der Waals surface area contributed by atoms with Crippen molar-refractivity contribution in [3.63, 3.8) is 0 Å². The van der Waals surface area contributed by atoms with E-state index in [4.69, 9.17) is 9.47 Å². The molecule has 2 bridgehead atoms. The van der Waals surface area contributed by atoms with Crippen LogP contribution in [0.2, 0.25) is 0 Å². The van der Waals surface area contributed by atoms with E-state index in [2.05, 4.69) is 10.8 Å². The predicted molar refractivity (Wildman–Crippen MR) is 73.3 cm³/mol. The van der Waals surface area contributed by atoms with Crippen molar-refractivity contribution in [3.8, 4) is 11.8 Å². The molecule has 3 unspecified atom stereocenters. The van der Waals surface area contributed by atoms with Gasteiger partial charge in [0.25, 0.3) is 0 Å². The molecule has 0 N–H and O–H groups in total. The van der Waals surface area contributed by atoms with Gasteiger partial charge in [0.05, 0.1) is 24.4 Å². The number of rotatable bonds is 5. The fourth-order valence-electron chi connectivity index (χ4n) is 3.21. The minimum absolute atomic E-state index is 0.123. The van der Waals surface area contributed by atoms with Crippen LogP contribution in [0.5, 0.6) is 5.75 Å². The third-order valence-corrected chi connectivity index (χ3v) is 4.45. The zero-order valence-electron chi connectivity index (χ0n) is 12.2. The van der Waals surface area contributed by atoms with Crippen LogP contribution in [0, 0.1) is 11.3 Å². The van der Waals surface area contributed by atoms with Crippen LogP contribution >= 0.6 is 0 Å². The van der Waals surface area contributed by atoms with Gasteiger partial charge in [-0.2, -0.15) is 14.0 Å². The van der Waals surface area contributed by atoms with E-state index in [0.717, 1.165) is 18.4 Å². The third-order valence-electron chi connectivity index (χ3n) is 4.45. The molecule has 4 nitrogen and oxygen atoms in total. The summed E-state index contributed by atoms with van der Waals surface area (Å²) in [6.45, 7) is -0.501. The molecule has 0 amide bonds. The summed E-state index contributed by atoms with van der Waals surface area (Å²) in [4.78, 5) is 0. The van der Waals surface area contributed by atoms with Crippen molar-refractivity contribution in [1.82, 2.24) is 0 Å². The second-order valence-corrected chi connectivity index (χ2v) is 6.05. The highest BCUT2D eigenvalue weighted by atomic mass is 19.3. The summed E-state index contributed by atoms with van der Waals surface area (Å²) in [5.74, 6) is 0.123. The van der Waals surface area contributed by atoms with Crippen molar-refractivity contribution >= 4 is 0 Å². The minimum atomic E-state index is -2.82. The molecule has 0 saturated carbocycles. The Morgan fingerprint density at radius 1 is 1.36 bits per heavy atom. The van der Waals surface area contributed by atoms with Crippen molar-refractivity contribution in [1.29, 1.82) is 5.26 Å². The van der Waals surface area contributed by atoms with E-state index >= 15 is 0 Å². The summed E-state index contributed by atoms with van der Waals surface area (Å²) < 4.78 is 40.2. The Morgan fingerprint density at radius 3 is 2.68 bits per heavy atom. The Bertz CT molecular complexity index is 586. The van der Waals surface area contributed by atoms with Crippen LogP contribution in [0.1, 0.15) is 31.7 Å². The number of fused-ring (bicyclic) bond motifs is 2. The molecule has 3 rings (SSSR count). The van der Waals surface area contributed by atoms with Gasteiger partial charge in [-0.25, -0.2) is 0 Å². The largest absolute Gasteiger partial charge is 0.435 e. The molecule has 2 saturated heterocycles. The molecule has 1 aromatic carbocycles. The maximum absolute atomic E-state index is 12.1. The minimum Gasteiger partial charge on any atom is -0.435 e. The molecule has 3 atom stereocenters. The molecule has 22 heavy (non-hydrogen) atoms. The molecule has 6 heteroatoms. The average molecular weight is 309 g/mol. The summed E-state index contributed by atoms with van der Waals surface area (Å²) in [7, 11) is 0. The van der Waals surface area contributed by atoms with Crippen molar-refractivity contribution in [2.75, 3.05) is 0 Å². The zero-order valence-corrected chi connectivity index (χ0v) is 12.2. The standard InChI is InChI=1S/C16H17F2NO3/c1-15-6-7-16(10-19,22-15)8-13(15)20-9-11-2-4-12(5-3-11)21-14(17)18/h2-5,13-14H,6-9H2,1H3. The van der Waals surface area contributed by atoms with Crippen molar-refractivity contribution < 1.29 is 23.0 Å². The van der Waals surface area contributed by atoms with Crippen molar-refractivity contribution in [3.05, 3.63) is 29.8 Å². The zero-order chi connectivity index (χ0) is 15.8. The number of nitrogens with zero attached hydrogens (tertiary/aromatic N) is 1. The van der Waals surface area contributed by atoms with Gasteiger partial charge in [0.15, 0.2) is 5.60 Å². The lowest BCUT2D eigenvalue weighted by Crippen LogP contribution is -2.37. The van der Waals surface area contributed by atoms with Gasteiger partial charge in [-0.15, -0.1) is 0 Å². The first-order valence-electron chi connectivity index (χ1n) is 7.21. The van der Waals surface area contributed by atoms with Gasteiger partial charge in [0.1, 0.15) is 5.75 Å². The quantitative estimate of drug-likeness (QED) is 0.836. The number of ether oxygens (including phenoxy) is 3. The van der Waals surface area contributed by atoms with Crippen LogP contribution in [0.15, 0.2) is 24.3 Å². The fraction of sp³-hybridized carbons (Fsp3) is 0.562. The van der Waals surface area contributed by atoms with Crippen molar-refractivity contribution in [2.45, 2.75) is 56.7 Å². The average Bonchev–Trinajstić information content (AvgIpc) is 2.97. The smallest absolute Gasteiger partial charge is 0.387 e. The van der Waals surface area contributed by atoms with Crippen LogP contribution in [0.4, 0.5) is 8.78 Å². The first-order chi connectivity index (χ1) is 10.4. The first kappa shape index (κ1) is 15.2. The van der Waals surface area contributed by atoms with Crippen molar-refractivity contribution in [2.24, 2.45) is 0 Å². The van der Waals surface area contributed by atoms with E-state index in [1.54, 1.807) is 12.1 Å². The Morgan fingerprint density at radius 2 is 2.09 bits per heavy atom. The van der Waals surface area contributed by atoms with Gasteiger partial charge in [-0.1, -0.05) is 12.1 Å². The SMILES string of the molecule is CC12CCC(C#N)(CC1OCc1ccc(OC(F)F)cc1)O2. The predicted octanol–water partition coefficient (Wildman–Crippen LogP) is 3.41. The highest BCUT2D eigenvalue weighted by Gasteiger charge is 2.60. The van der Waals surface area contributed by atoms with Crippen LogP contribution in [0.3, 0.4) is 0 Å². The number of benzene rings is 1. The number of hydrogen-bond acceptors (Lipinski definition) is 4. The van der Waals surface area contributed by atoms with Gasteiger partial charge in [0.2, 0.25) is 0 Å². The molecule has 2 aliphatic heterocycles. The maximum atomic E-state index is 12.1. The molecule has 0 aromatic heterocycles. The number of nitriles is 1. The topological polar surface area (TPSA) is 51.5 Å². The molecular weight excluding hydrogens is 292 g/mol. The van der Waals surface area contributed by atoms with Crippen LogP contribution in [-0.4, -0.2) is 23.9 Å². The third kappa shape index (κ3) is 2.79. The van der Waals surface area contributed by atoms with Crippen LogP contribution in [0.25, 0.3) is 0 Å². The van der Waals surface area contributed by atoms with E-state index in [1.165, 1.54) is 12.1 Å². The Hall–Kier alpha value is -1.71.